The topological polar surface area (TPSA) is 49.3 Å². The van der Waals surface area contributed by atoms with Crippen LogP contribution in [0, 0.1) is 0 Å². The SMILES string of the molecule is CCCCCCNC(=O)CO. The Morgan fingerprint density at radius 1 is 1.36 bits per heavy atom. The highest BCUT2D eigenvalue weighted by Gasteiger charge is 1.94. The zero-order valence-corrected chi connectivity index (χ0v) is 7.10. The molecule has 0 aliphatic rings. The molecule has 0 rings (SSSR count). The second kappa shape index (κ2) is 7.54. The van der Waals surface area contributed by atoms with Crippen molar-refractivity contribution in [1.29, 1.82) is 0 Å². The molecule has 0 heterocycles. The average molecular weight is 159 g/mol. The van der Waals surface area contributed by atoms with Crippen LogP contribution in [0.15, 0.2) is 0 Å². The molecule has 11 heavy (non-hydrogen) atoms. The zero-order valence-electron chi connectivity index (χ0n) is 7.10. The van der Waals surface area contributed by atoms with Crippen molar-refractivity contribution in [2.75, 3.05) is 13.2 Å². The first-order chi connectivity index (χ1) is 5.31. The molecule has 0 unspecified atom stereocenters. The molecule has 0 spiro atoms. The van der Waals surface area contributed by atoms with Gasteiger partial charge in [-0.3, -0.25) is 4.79 Å². The number of carbonyl (C=O) groups excluding carboxylic acids is 1. The first-order valence-electron chi connectivity index (χ1n) is 4.18. The third-order valence-electron chi connectivity index (χ3n) is 1.50. The van der Waals surface area contributed by atoms with Crippen LogP contribution in [-0.2, 0) is 4.79 Å². The van der Waals surface area contributed by atoms with E-state index in [9.17, 15) is 4.79 Å². The smallest absolute Gasteiger partial charge is 0.245 e. The minimum Gasteiger partial charge on any atom is -0.387 e. The maximum absolute atomic E-state index is 10.5. The van der Waals surface area contributed by atoms with Gasteiger partial charge < -0.3 is 10.4 Å². The van der Waals surface area contributed by atoms with Gasteiger partial charge in [0.25, 0.3) is 0 Å². The van der Waals surface area contributed by atoms with Gasteiger partial charge in [0.15, 0.2) is 0 Å². The molecular formula is C8H17NO2. The number of aliphatic hydroxyl groups is 1. The van der Waals surface area contributed by atoms with E-state index in [2.05, 4.69) is 12.2 Å². The summed E-state index contributed by atoms with van der Waals surface area (Å²) in [5.41, 5.74) is 0. The van der Waals surface area contributed by atoms with Crippen LogP contribution in [0.5, 0.6) is 0 Å². The van der Waals surface area contributed by atoms with Gasteiger partial charge >= 0.3 is 0 Å². The summed E-state index contributed by atoms with van der Waals surface area (Å²) in [5, 5.41) is 10.9. The van der Waals surface area contributed by atoms with E-state index in [1.54, 1.807) is 0 Å². The van der Waals surface area contributed by atoms with E-state index < -0.39 is 6.61 Å². The monoisotopic (exact) mass is 159 g/mol. The quantitative estimate of drug-likeness (QED) is 0.560. The summed E-state index contributed by atoms with van der Waals surface area (Å²) in [6.45, 7) is 2.44. The van der Waals surface area contributed by atoms with Gasteiger partial charge in [-0.1, -0.05) is 26.2 Å². The molecular weight excluding hydrogens is 142 g/mol. The third-order valence-corrected chi connectivity index (χ3v) is 1.50. The molecule has 0 radical (unpaired) electrons. The molecule has 66 valence electrons. The molecule has 2 N–H and O–H groups in total. The number of hydrogen-bond acceptors (Lipinski definition) is 2. The molecule has 3 nitrogen and oxygen atoms in total. The molecule has 3 heteroatoms. The Balaban J connectivity index is 2.95. The van der Waals surface area contributed by atoms with Crippen molar-refractivity contribution in [3.8, 4) is 0 Å². The van der Waals surface area contributed by atoms with Crippen LogP contribution in [0.3, 0.4) is 0 Å². The van der Waals surface area contributed by atoms with Gasteiger partial charge in [-0.15, -0.1) is 0 Å². The number of unbranched alkanes of at least 4 members (excludes halogenated alkanes) is 3. The normalized spacial score (nSPS) is 9.64. The molecule has 0 fully saturated rings. The summed E-state index contributed by atoms with van der Waals surface area (Å²) < 4.78 is 0. The van der Waals surface area contributed by atoms with E-state index in [1.807, 2.05) is 0 Å². The lowest BCUT2D eigenvalue weighted by Gasteiger charge is -2.01. The molecule has 0 bridgehead atoms. The molecule has 1 amide bonds. The van der Waals surface area contributed by atoms with Crippen molar-refractivity contribution in [3.05, 3.63) is 0 Å². The maximum atomic E-state index is 10.5. The first-order valence-corrected chi connectivity index (χ1v) is 4.18. The van der Waals surface area contributed by atoms with Crippen LogP contribution < -0.4 is 5.32 Å². The highest BCUT2D eigenvalue weighted by Crippen LogP contribution is 1.96. The Morgan fingerprint density at radius 2 is 2.09 bits per heavy atom. The van der Waals surface area contributed by atoms with Crippen molar-refractivity contribution in [2.45, 2.75) is 32.6 Å². The number of nitrogens with one attached hydrogen (secondary N) is 1. The van der Waals surface area contributed by atoms with E-state index in [1.165, 1.54) is 12.8 Å². The minimum atomic E-state index is -0.395. The Hall–Kier alpha value is -0.570. The van der Waals surface area contributed by atoms with Gasteiger partial charge in [-0.05, 0) is 6.42 Å². The number of carbonyl (C=O) groups is 1. The Kier molecular flexibility index (Phi) is 7.15. The van der Waals surface area contributed by atoms with Crippen molar-refractivity contribution in [1.82, 2.24) is 5.32 Å². The van der Waals surface area contributed by atoms with Crippen molar-refractivity contribution < 1.29 is 9.90 Å². The van der Waals surface area contributed by atoms with Gasteiger partial charge in [-0.25, -0.2) is 0 Å². The highest BCUT2D eigenvalue weighted by molar-refractivity contribution is 5.76. The summed E-state index contributed by atoms with van der Waals surface area (Å²) >= 11 is 0. The standard InChI is InChI=1S/C8H17NO2/c1-2-3-4-5-6-9-8(11)7-10/h10H,2-7H2,1H3,(H,9,11). The predicted octanol–water partition coefficient (Wildman–Crippen LogP) is 0.675. The van der Waals surface area contributed by atoms with E-state index in [0.717, 1.165) is 12.8 Å². The summed E-state index contributed by atoms with van der Waals surface area (Å²) in [7, 11) is 0. The van der Waals surface area contributed by atoms with Gasteiger partial charge in [-0.2, -0.15) is 0 Å². The molecule has 0 atom stereocenters. The van der Waals surface area contributed by atoms with Crippen LogP contribution >= 0.6 is 0 Å². The van der Waals surface area contributed by atoms with E-state index in [0.29, 0.717) is 6.54 Å². The van der Waals surface area contributed by atoms with Gasteiger partial charge in [0.05, 0.1) is 0 Å². The zero-order chi connectivity index (χ0) is 8.53. The van der Waals surface area contributed by atoms with Crippen LogP contribution in [-0.4, -0.2) is 24.2 Å². The van der Waals surface area contributed by atoms with Crippen molar-refractivity contribution in [3.63, 3.8) is 0 Å². The molecule has 0 aromatic heterocycles. The number of rotatable bonds is 6. The number of amides is 1. The summed E-state index contributed by atoms with van der Waals surface area (Å²) in [6.07, 6.45) is 4.59. The van der Waals surface area contributed by atoms with Gasteiger partial charge in [0.2, 0.25) is 5.91 Å². The number of hydrogen-bond donors (Lipinski definition) is 2. The van der Waals surface area contributed by atoms with Crippen molar-refractivity contribution >= 4 is 5.91 Å². The average Bonchev–Trinajstić information content (AvgIpc) is 2.04. The Bertz CT molecular complexity index is 104. The lowest BCUT2D eigenvalue weighted by Crippen LogP contribution is -2.26. The van der Waals surface area contributed by atoms with Crippen LogP contribution in [0.1, 0.15) is 32.6 Å². The van der Waals surface area contributed by atoms with E-state index in [-0.39, 0.29) is 5.91 Å². The molecule has 0 aromatic carbocycles. The summed E-state index contributed by atoms with van der Waals surface area (Å²) in [4.78, 5) is 10.5. The second-order valence-corrected chi connectivity index (χ2v) is 2.57. The second-order valence-electron chi connectivity index (χ2n) is 2.57. The van der Waals surface area contributed by atoms with E-state index >= 15 is 0 Å². The predicted molar refractivity (Wildman–Crippen MR) is 44.2 cm³/mol. The van der Waals surface area contributed by atoms with E-state index in [4.69, 9.17) is 5.11 Å². The lowest BCUT2D eigenvalue weighted by molar-refractivity contribution is -0.123. The van der Waals surface area contributed by atoms with Crippen LogP contribution in [0.2, 0.25) is 0 Å². The fraction of sp³-hybridized carbons (Fsp3) is 0.875. The minimum absolute atomic E-state index is 0.276. The lowest BCUT2D eigenvalue weighted by atomic mass is 10.2. The molecule has 0 aliphatic carbocycles. The number of aliphatic hydroxyl groups excluding tert-OH is 1. The third kappa shape index (κ3) is 7.33. The highest BCUT2D eigenvalue weighted by atomic mass is 16.3. The largest absolute Gasteiger partial charge is 0.387 e. The molecule has 0 saturated carbocycles. The van der Waals surface area contributed by atoms with Gasteiger partial charge in [0.1, 0.15) is 6.61 Å². The first kappa shape index (κ1) is 10.4. The van der Waals surface area contributed by atoms with Crippen LogP contribution in [0.4, 0.5) is 0 Å². The molecule has 0 saturated heterocycles. The fourth-order valence-electron chi connectivity index (χ4n) is 0.835. The van der Waals surface area contributed by atoms with Crippen LogP contribution in [0.25, 0.3) is 0 Å². The fourth-order valence-corrected chi connectivity index (χ4v) is 0.835. The summed E-state index contributed by atoms with van der Waals surface area (Å²) in [6, 6.07) is 0. The maximum Gasteiger partial charge on any atom is 0.245 e. The van der Waals surface area contributed by atoms with Crippen molar-refractivity contribution in [2.24, 2.45) is 0 Å². The molecule has 0 aromatic rings. The van der Waals surface area contributed by atoms with Gasteiger partial charge in [0, 0.05) is 6.54 Å². The Labute approximate surface area is 67.8 Å². The summed E-state index contributed by atoms with van der Waals surface area (Å²) in [5.74, 6) is -0.276. The molecule has 0 aliphatic heterocycles. The Morgan fingerprint density at radius 3 is 2.64 bits per heavy atom.